The van der Waals surface area contributed by atoms with E-state index in [1.807, 2.05) is 37.2 Å². The maximum absolute atomic E-state index is 11.6. The molecule has 6 heteroatoms. The summed E-state index contributed by atoms with van der Waals surface area (Å²) in [6.07, 6.45) is 4.93. The molecule has 0 fully saturated rings. The SMILES string of the molecule is CN(C)c1ccc(CNC(=O)NCc2ccoc2)cn1. The number of amides is 2. The van der Waals surface area contributed by atoms with Crippen molar-refractivity contribution in [2.45, 2.75) is 13.1 Å². The molecule has 2 N–H and O–H groups in total. The van der Waals surface area contributed by atoms with Crippen LogP contribution in [-0.2, 0) is 13.1 Å². The van der Waals surface area contributed by atoms with Crippen molar-refractivity contribution >= 4 is 11.8 Å². The largest absolute Gasteiger partial charge is 0.472 e. The maximum atomic E-state index is 11.6. The van der Waals surface area contributed by atoms with Gasteiger partial charge in [0.1, 0.15) is 5.82 Å². The van der Waals surface area contributed by atoms with E-state index in [9.17, 15) is 4.79 Å². The zero-order valence-corrected chi connectivity index (χ0v) is 11.6. The predicted octanol–water partition coefficient (Wildman–Crippen LogP) is 1.74. The van der Waals surface area contributed by atoms with Crippen LogP contribution in [0.15, 0.2) is 41.3 Å². The van der Waals surface area contributed by atoms with Crippen molar-refractivity contribution < 1.29 is 9.21 Å². The highest BCUT2D eigenvalue weighted by atomic mass is 16.3. The van der Waals surface area contributed by atoms with Gasteiger partial charge in [-0.3, -0.25) is 0 Å². The van der Waals surface area contributed by atoms with Crippen LogP contribution in [0.25, 0.3) is 0 Å². The van der Waals surface area contributed by atoms with E-state index in [4.69, 9.17) is 4.42 Å². The number of pyridine rings is 1. The molecule has 2 aromatic rings. The Morgan fingerprint density at radius 2 is 1.95 bits per heavy atom. The van der Waals surface area contributed by atoms with Gasteiger partial charge in [0.2, 0.25) is 0 Å². The van der Waals surface area contributed by atoms with Gasteiger partial charge in [0.15, 0.2) is 0 Å². The molecular weight excluding hydrogens is 256 g/mol. The highest BCUT2D eigenvalue weighted by Crippen LogP contribution is 2.07. The third kappa shape index (κ3) is 4.01. The van der Waals surface area contributed by atoms with Crippen LogP contribution in [-0.4, -0.2) is 25.1 Å². The first kappa shape index (κ1) is 13.9. The van der Waals surface area contributed by atoms with Crippen molar-refractivity contribution in [3.05, 3.63) is 48.0 Å². The lowest BCUT2D eigenvalue weighted by Gasteiger charge is -2.11. The van der Waals surface area contributed by atoms with Gasteiger partial charge in [-0.05, 0) is 17.7 Å². The summed E-state index contributed by atoms with van der Waals surface area (Å²) in [6, 6.07) is 5.45. The summed E-state index contributed by atoms with van der Waals surface area (Å²) in [5, 5.41) is 5.52. The number of aromatic nitrogens is 1. The Balaban J connectivity index is 1.75. The summed E-state index contributed by atoms with van der Waals surface area (Å²) in [4.78, 5) is 17.8. The number of carbonyl (C=O) groups excluding carboxylic acids is 1. The molecule has 0 aliphatic heterocycles. The smallest absolute Gasteiger partial charge is 0.315 e. The first-order valence-electron chi connectivity index (χ1n) is 6.30. The Hall–Kier alpha value is -2.50. The second kappa shape index (κ2) is 6.60. The molecule has 0 atom stereocenters. The fraction of sp³-hybridized carbons (Fsp3) is 0.286. The summed E-state index contributed by atoms with van der Waals surface area (Å²) in [7, 11) is 3.87. The van der Waals surface area contributed by atoms with E-state index in [0.29, 0.717) is 13.1 Å². The summed E-state index contributed by atoms with van der Waals surface area (Å²) in [6.45, 7) is 0.887. The van der Waals surface area contributed by atoms with E-state index in [1.165, 1.54) is 0 Å². The average Bonchev–Trinajstić information content (AvgIpc) is 2.96. The number of furan rings is 1. The van der Waals surface area contributed by atoms with Crippen LogP contribution >= 0.6 is 0 Å². The van der Waals surface area contributed by atoms with Crippen molar-refractivity contribution in [1.82, 2.24) is 15.6 Å². The molecule has 0 radical (unpaired) electrons. The standard InChI is InChI=1S/C14H18N4O2/c1-18(2)13-4-3-11(7-15-13)8-16-14(19)17-9-12-5-6-20-10-12/h3-7,10H,8-9H2,1-2H3,(H2,16,17,19). The van der Waals surface area contributed by atoms with Gasteiger partial charge in [0.05, 0.1) is 12.5 Å². The first-order chi connectivity index (χ1) is 9.65. The van der Waals surface area contributed by atoms with Crippen molar-refractivity contribution in [1.29, 1.82) is 0 Å². The molecule has 2 rings (SSSR count). The van der Waals surface area contributed by atoms with Gasteiger partial charge in [-0.25, -0.2) is 9.78 Å². The van der Waals surface area contributed by atoms with Crippen LogP contribution in [0.1, 0.15) is 11.1 Å². The van der Waals surface area contributed by atoms with Crippen LogP contribution < -0.4 is 15.5 Å². The van der Waals surface area contributed by atoms with Crippen LogP contribution in [0, 0.1) is 0 Å². The Morgan fingerprint density at radius 3 is 2.50 bits per heavy atom. The lowest BCUT2D eigenvalue weighted by atomic mass is 10.3. The van der Waals surface area contributed by atoms with Gasteiger partial charge in [-0.15, -0.1) is 0 Å². The number of nitrogens with zero attached hydrogens (tertiary/aromatic N) is 2. The number of hydrogen-bond donors (Lipinski definition) is 2. The van der Waals surface area contributed by atoms with Gasteiger partial charge in [-0.1, -0.05) is 6.07 Å². The molecule has 0 aromatic carbocycles. The molecule has 0 aliphatic rings. The Labute approximate surface area is 117 Å². The molecule has 0 aliphatic carbocycles. The zero-order valence-electron chi connectivity index (χ0n) is 11.6. The summed E-state index contributed by atoms with van der Waals surface area (Å²) in [5.74, 6) is 0.887. The summed E-state index contributed by atoms with van der Waals surface area (Å²) < 4.78 is 4.92. The molecule has 0 unspecified atom stereocenters. The molecule has 2 heterocycles. The van der Waals surface area contributed by atoms with Gasteiger partial charge in [-0.2, -0.15) is 0 Å². The normalized spacial score (nSPS) is 10.1. The van der Waals surface area contributed by atoms with E-state index in [2.05, 4.69) is 15.6 Å². The summed E-state index contributed by atoms with van der Waals surface area (Å²) >= 11 is 0. The number of hydrogen-bond acceptors (Lipinski definition) is 4. The minimum atomic E-state index is -0.220. The van der Waals surface area contributed by atoms with Crippen LogP contribution in [0.5, 0.6) is 0 Å². The third-order valence-corrected chi connectivity index (χ3v) is 2.75. The Bertz CT molecular complexity index is 535. The van der Waals surface area contributed by atoms with Crippen LogP contribution in [0.2, 0.25) is 0 Å². The van der Waals surface area contributed by atoms with Crippen LogP contribution in [0.3, 0.4) is 0 Å². The molecule has 2 aromatic heterocycles. The number of rotatable bonds is 5. The van der Waals surface area contributed by atoms with E-state index >= 15 is 0 Å². The van der Waals surface area contributed by atoms with Gasteiger partial charge in [0.25, 0.3) is 0 Å². The van der Waals surface area contributed by atoms with Crippen LogP contribution in [0.4, 0.5) is 10.6 Å². The van der Waals surface area contributed by atoms with Crippen molar-refractivity contribution in [3.8, 4) is 0 Å². The monoisotopic (exact) mass is 274 g/mol. The average molecular weight is 274 g/mol. The Kier molecular flexibility index (Phi) is 4.60. The van der Waals surface area contributed by atoms with E-state index in [-0.39, 0.29) is 6.03 Å². The van der Waals surface area contributed by atoms with E-state index < -0.39 is 0 Å². The van der Waals surface area contributed by atoms with Crippen molar-refractivity contribution in [3.63, 3.8) is 0 Å². The molecule has 106 valence electrons. The number of urea groups is 1. The van der Waals surface area contributed by atoms with Gasteiger partial charge in [0, 0.05) is 38.9 Å². The number of carbonyl (C=O) groups is 1. The third-order valence-electron chi connectivity index (χ3n) is 2.75. The van der Waals surface area contributed by atoms with Crippen molar-refractivity contribution in [2.75, 3.05) is 19.0 Å². The minimum Gasteiger partial charge on any atom is -0.472 e. The molecule has 2 amide bonds. The second-order valence-corrected chi connectivity index (χ2v) is 4.59. The minimum absolute atomic E-state index is 0.220. The number of nitrogens with one attached hydrogen (secondary N) is 2. The molecule has 6 nitrogen and oxygen atoms in total. The lowest BCUT2D eigenvalue weighted by Crippen LogP contribution is -2.34. The molecule has 0 saturated carbocycles. The lowest BCUT2D eigenvalue weighted by molar-refractivity contribution is 0.240. The number of anilines is 1. The van der Waals surface area contributed by atoms with Gasteiger partial charge >= 0.3 is 6.03 Å². The Morgan fingerprint density at radius 1 is 1.20 bits per heavy atom. The van der Waals surface area contributed by atoms with Crippen molar-refractivity contribution in [2.24, 2.45) is 0 Å². The first-order valence-corrected chi connectivity index (χ1v) is 6.30. The molecule has 0 bridgehead atoms. The molecule has 0 spiro atoms. The molecule has 20 heavy (non-hydrogen) atoms. The zero-order chi connectivity index (χ0) is 14.4. The molecular formula is C14H18N4O2. The molecule has 0 saturated heterocycles. The van der Waals surface area contributed by atoms with E-state index in [0.717, 1.165) is 16.9 Å². The fourth-order valence-corrected chi connectivity index (χ4v) is 1.61. The fourth-order valence-electron chi connectivity index (χ4n) is 1.61. The highest BCUT2D eigenvalue weighted by molar-refractivity contribution is 5.73. The van der Waals surface area contributed by atoms with E-state index in [1.54, 1.807) is 18.7 Å². The topological polar surface area (TPSA) is 70.4 Å². The summed E-state index contributed by atoms with van der Waals surface area (Å²) in [5.41, 5.74) is 1.88. The second-order valence-electron chi connectivity index (χ2n) is 4.59. The van der Waals surface area contributed by atoms with Gasteiger partial charge < -0.3 is 20.0 Å². The quantitative estimate of drug-likeness (QED) is 0.871. The predicted molar refractivity (Wildman–Crippen MR) is 76.3 cm³/mol. The maximum Gasteiger partial charge on any atom is 0.315 e. The highest BCUT2D eigenvalue weighted by Gasteiger charge is 2.02.